The van der Waals surface area contributed by atoms with Gasteiger partial charge in [-0.2, -0.15) is 0 Å². The Morgan fingerprint density at radius 2 is 2.25 bits per heavy atom. The summed E-state index contributed by atoms with van der Waals surface area (Å²) in [6.07, 6.45) is 4.12. The number of carbonyl (C=O) groups excluding carboxylic acids is 1. The molecule has 1 fully saturated rings. The zero-order valence-corrected chi connectivity index (χ0v) is 13.1. The maximum Gasteiger partial charge on any atom is 0.293 e. The molecule has 1 aliphatic heterocycles. The molecule has 20 heavy (non-hydrogen) atoms. The molecule has 2 aromatic heterocycles. The van der Waals surface area contributed by atoms with Crippen LogP contribution < -0.4 is 10.6 Å². The van der Waals surface area contributed by atoms with E-state index in [0.29, 0.717) is 15.7 Å². The Kier molecular flexibility index (Phi) is 4.18. The Labute approximate surface area is 128 Å². The molecule has 0 spiro atoms. The second-order valence-corrected chi connectivity index (χ2v) is 6.49. The van der Waals surface area contributed by atoms with Crippen LogP contribution in [0, 0.1) is 0 Å². The molecule has 5 nitrogen and oxygen atoms in total. The number of hydrogen-bond donors (Lipinski definition) is 2. The highest BCUT2D eigenvalue weighted by atomic mass is 79.9. The predicted octanol–water partition coefficient (Wildman–Crippen LogP) is 3.22. The van der Waals surface area contributed by atoms with E-state index in [4.69, 9.17) is 4.42 Å². The summed E-state index contributed by atoms with van der Waals surface area (Å²) >= 11 is 4.72. The van der Waals surface area contributed by atoms with Gasteiger partial charge >= 0.3 is 0 Å². The Morgan fingerprint density at radius 3 is 2.95 bits per heavy atom. The van der Waals surface area contributed by atoms with Gasteiger partial charge < -0.3 is 9.73 Å². The highest BCUT2D eigenvalue weighted by Gasteiger charge is 2.19. The van der Waals surface area contributed by atoms with Gasteiger partial charge in [0, 0.05) is 11.1 Å². The molecule has 3 heterocycles. The minimum Gasteiger partial charge on any atom is -0.444 e. The summed E-state index contributed by atoms with van der Waals surface area (Å²) in [5, 5.41) is 6.74. The maximum absolute atomic E-state index is 11.9. The summed E-state index contributed by atoms with van der Waals surface area (Å²) in [7, 11) is 0. The van der Waals surface area contributed by atoms with Crippen molar-refractivity contribution < 1.29 is 9.21 Å². The molecule has 2 aromatic rings. The minimum atomic E-state index is -0.276. The Morgan fingerprint density at radius 1 is 1.45 bits per heavy atom. The number of anilines is 1. The lowest BCUT2D eigenvalue weighted by Crippen LogP contribution is -2.26. The minimum absolute atomic E-state index is 0.274. The quantitative estimate of drug-likeness (QED) is 0.886. The largest absolute Gasteiger partial charge is 0.444 e. The number of carbonyl (C=O) groups is 1. The van der Waals surface area contributed by atoms with Gasteiger partial charge in [0.1, 0.15) is 0 Å². The number of hydrogen-bond acceptors (Lipinski definition) is 5. The number of furan rings is 1. The average molecular weight is 356 g/mol. The van der Waals surface area contributed by atoms with Gasteiger partial charge in [-0.1, -0.05) is 0 Å². The molecule has 1 aliphatic rings. The summed E-state index contributed by atoms with van der Waals surface area (Å²) in [5.41, 5.74) is 0. The van der Waals surface area contributed by atoms with Gasteiger partial charge in [0.2, 0.25) is 0 Å². The first-order chi connectivity index (χ1) is 9.72. The molecule has 0 aromatic carbocycles. The first-order valence-electron chi connectivity index (χ1n) is 6.45. The van der Waals surface area contributed by atoms with Crippen molar-refractivity contribution in [1.29, 1.82) is 0 Å². The van der Waals surface area contributed by atoms with Crippen LogP contribution in [-0.4, -0.2) is 24.0 Å². The SMILES string of the molecule is O=C(Nc1ncc(C2CCNCC2)s1)c1ccc(Br)o1. The van der Waals surface area contributed by atoms with E-state index < -0.39 is 0 Å². The zero-order valence-electron chi connectivity index (χ0n) is 10.7. The third-order valence-electron chi connectivity index (χ3n) is 3.28. The van der Waals surface area contributed by atoms with Crippen LogP contribution >= 0.6 is 27.3 Å². The molecule has 0 saturated carbocycles. The van der Waals surface area contributed by atoms with E-state index in [1.165, 1.54) is 4.88 Å². The van der Waals surface area contributed by atoms with Crippen molar-refractivity contribution in [1.82, 2.24) is 10.3 Å². The third kappa shape index (κ3) is 3.11. The lowest BCUT2D eigenvalue weighted by molar-refractivity contribution is 0.0995. The number of amides is 1. The molecule has 2 N–H and O–H groups in total. The Bertz CT molecular complexity index is 604. The number of nitrogens with one attached hydrogen (secondary N) is 2. The number of piperidine rings is 1. The standard InChI is InChI=1S/C13H14BrN3O2S/c14-11-2-1-9(19-11)12(18)17-13-16-7-10(20-13)8-3-5-15-6-4-8/h1-2,7-8,15H,3-6H2,(H,16,17,18). The molecule has 1 amide bonds. The van der Waals surface area contributed by atoms with Crippen molar-refractivity contribution in [3.63, 3.8) is 0 Å². The Hall–Kier alpha value is -1.18. The fourth-order valence-electron chi connectivity index (χ4n) is 2.23. The van der Waals surface area contributed by atoms with Crippen molar-refractivity contribution in [3.8, 4) is 0 Å². The fraction of sp³-hybridized carbons (Fsp3) is 0.385. The highest BCUT2D eigenvalue weighted by molar-refractivity contribution is 9.10. The molecule has 7 heteroatoms. The summed E-state index contributed by atoms with van der Waals surface area (Å²) in [4.78, 5) is 17.5. The number of aromatic nitrogens is 1. The van der Waals surface area contributed by atoms with Gasteiger partial charge in [-0.3, -0.25) is 10.1 Å². The van der Waals surface area contributed by atoms with Crippen LogP contribution in [-0.2, 0) is 0 Å². The first kappa shape index (κ1) is 13.8. The molecule has 106 valence electrons. The summed E-state index contributed by atoms with van der Waals surface area (Å²) in [6.45, 7) is 2.09. The summed E-state index contributed by atoms with van der Waals surface area (Å²) < 4.78 is 5.75. The predicted molar refractivity (Wildman–Crippen MR) is 81.3 cm³/mol. The third-order valence-corrected chi connectivity index (χ3v) is 4.78. The van der Waals surface area contributed by atoms with Crippen LogP contribution in [0.1, 0.15) is 34.2 Å². The van der Waals surface area contributed by atoms with Crippen molar-refractivity contribution in [2.75, 3.05) is 18.4 Å². The van der Waals surface area contributed by atoms with Crippen molar-refractivity contribution >= 4 is 38.3 Å². The van der Waals surface area contributed by atoms with E-state index in [0.717, 1.165) is 25.9 Å². The molecule has 0 bridgehead atoms. The van der Waals surface area contributed by atoms with E-state index in [1.807, 2.05) is 6.20 Å². The van der Waals surface area contributed by atoms with E-state index in [1.54, 1.807) is 23.5 Å². The van der Waals surface area contributed by atoms with Crippen LogP contribution in [0.3, 0.4) is 0 Å². The van der Waals surface area contributed by atoms with Crippen LogP contribution in [0.15, 0.2) is 27.4 Å². The van der Waals surface area contributed by atoms with Gasteiger partial charge in [0.25, 0.3) is 5.91 Å². The molecule has 0 atom stereocenters. The van der Waals surface area contributed by atoms with Crippen LogP contribution in [0.2, 0.25) is 0 Å². The van der Waals surface area contributed by atoms with Crippen LogP contribution in [0.5, 0.6) is 0 Å². The molecule has 3 rings (SSSR count). The van der Waals surface area contributed by atoms with Crippen LogP contribution in [0.4, 0.5) is 5.13 Å². The number of thiazole rings is 1. The smallest absolute Gasteiger partial charge is 0.293 e. The Balaban J connectivity index is 1.66. The highest BCUT2D eigenvalue weighted by Crippen LogP contribution is 2.31. The maximum atomic E-state index is 11.9. The van der Waals surface area contributed by atoms with Crippen molar-refractivity contribution in [2.24, 2.45) is 0 Å². The van der Waals surface area contributed by atoms with Crippen LogP contribution in [0.25, 0.3) is 0 Å². The number of rotatable bonds is 3. The van der Waals surface area contributed by atoms with Gasteiger partial charge in [0.15, 0.2) is 15.6 Å². The van der Waals surface area contributed by atoms with Gasteiger partial charge in [-0.05, 0) is 59.9 Å². The molecular weight excluding hydrogens is 342 g/mol. The van der Waals surface area contributed by atoms with E-state index >= 15 is 0 Å². The van der Waals surface area contributed by atoms with Gasteiger partial charge in [-0.15, -0.1) is 11.3 Å². The average Bonchev–Trinajstić information content (AvgIpc) is 3.09. The molecule has 1 saturated heterocycles. The van der Waals surface area contributed by atoms with Gasteiger partial charge in [-0.25, -0.2) is 4.98 Å². The molecular formula is C13H14BrN3O2S. The van der Waals surface area contributed by atoms with E-state index in [2.05, 4.69) is 31.5 Å². The summed E-state index contributed by atoms with van der Waals surface area (Å²) in [6, 6.07) is 3.32. The molecule has 0 unspecified atom stereocenters. The van der Waals surface area contributed by atoms with E-state index in [-0.39, 0.29) is 11.7 Å². The van der Waals surface area contributed by atoms with Crippen molar-refractivity contribution in [2.45, 2.75) is 18.8 Å². The topological polar surface area (TPSA) is 67.2 Å². The first-order valence-corrected chi connectivity index (χ1v) is 8.06. The number of nitrogens with zero attached hydrogens (tertiary/aromatic N) is 1. The monoisotopic (exact) mass is 355 g/mol. The zero-order chi connectivity index (χ0) is 13.9. The second kappa shape index (κ2) is 6.07. The lowest BCUT2D eigenvalue weighted by Gasteiger charge is -2.20. The fourth-order valence-corrected chi connectivity index (χ4v) is 3.52. The van der Waals surface area contributed by atoms with E-state index in [9.17, 15) is 4.79 Å². The molecule has 0 aliphatic carbocycles. The second-order valence-electron chi connectivity index (χ2n) is 4.65. The van der Waals surface area contributed by atoms with Crippen molar-refractivity contribution in [3.05, 3.63) is 33.6 Å². The van der Waals surface area contributed by atoms with Gasteiger partial charge in [0.05, 0.1) is 0 Å². The lowest BCUT2D eigenvalue weighted by atomic mass is 9.97. The number of halogens is 1. The molecule has 0 radical (unpaired) electrons. The summed E-state index contributed by atoms with van der Waals surface area (Å²) in [5.74, 6) is 0.551. The normalized spacial score (nSPS) is 16.2.